The molecule has 1 aliphatic rings. The molecule has 2 atom stereocenters. The molecule has 23 heavy (non-hydrogen) atoms. The topological polar surface area (TPSA) is 58.6 Å². The van der Waals surface area contributed by atoms with Crippen molar-refractivity contribution >= 4 is 22.0 Å². The molecule has 8 heteroatoms. The second kappa shape index (κ2) is 8.43. The van der Waals surface area contributed by atoms with Crippen LogP contribution < -0.4 is 4.72 Å². The highest BCUT2D eigenvalue weighted by atomic mass is 32.2. The van der Waals surface area contributed by atoms with Gasteiger partial charge in [-0.25, -0.2) is 9.11 Å². The van der Waals surface area contributed by atoms with E-state index in [1.165, 1.54) is 16.4 Å². The first-order valence-corrected chi connectivity index (χ1v) is 10.1. The number of rotatable bonds is 7. The number of benzene rings is 1. The molecule has 1 saturated heterocycles. The van der Waals surface area contributed by atoms with Crippen LogP contribution in [0.3, 0.4) is 0 Å². The van der Waals surface area contributed by atoms with Gasteiger partial charge >= 0.3 is 0 Å². The first-order valence-electron chi connectivity index (χ1n) is 7.65. The lowest BCUT2D eigenvalue weighted by molar-refractivity contribution is -0.0443. The maximum Gasteiger partial charge on any atom is 0.279 e. The Labute approximate surface area is 141 Å². The van der Waals surface area contributed by atoms with Crippen molar-refractivity contribution in [2.24, 2.45) is 0 Å². The lowest BCUT2D eigenvalue weighted by Crippen LogP contribution is -2.52. The molecule has 0 radical (unpaired) electrons. The number of nitrogens with one attached hydrogen (secondary N) is 1. The summed E-state index contributed by atoms with van der Waals surface area (Å²) >= 11 is 1.58. The Hall–Kier alpha value is -0.670. The molecule has 2 rings (SSSR count). The fraction of sp³-hybridized carbons (Fsp3) is 0.600. The second-order valence-corrected chi connectivity index (χ2v) is 8.55. The van der Waals surface area contributed by atoms with E-state index in [-0.39, 0.29) is 18.0 Å². The summed E-state index contributed by atoms with van der Waals surface area (Å²) < 4.78 is 46.9. The monoisotopic (exact) mass is 362 g/mol. The van der Waals surface area contributed by atoms with Crippen LogP contribution in [0.5, 0.6) is 0 Å². The maximum atomic E-state index is 12.8. The van der Waals surface area contributed by atoms with Gasteiger partial charge in [0.25, 0.3) is 10.2 Å². The van der Waals surface area contributed by atoms with Gasteiger partial charge in [-0.1, -0.05) is 0 Å². The van der Waals surface area contributed by atoms with E-state index in [1.54, 1.807) is 23.9 Å². The van der Waals surface area contributed by atoms with Crippen molar-refractivity contribution in [3.8, 4) is 0 Å². The molecule has 2 unspecified atom stereocenters. The van der Waals surface area contributed by atoms with E-state index in [2.05, 4.69) is 4.72 Å². The minimum atomic E-state index is -3.46. The molecular weight excluding hydrogens is 339 g/mol. The van der Waals surface area contributed by atoms with Gasteiger partial charge in [0.2, 0.25) is 0 Å². The minimum Gasteiger partial charge on any atom is -0.373 e. The van der Waals surface area contributed by atoms with Gasteiger partial charge in [0.1, 0.15) is 5.82 Å². The minimum absolute atomic E-state index is 0.0932. The molecule has 0 aromatic heterocycles. The Balaban J connectivity index is 1.71. The van der Waals surface area contributed by atoms with E-state index in [4.69, 9.17) is 4.74 Å². The third-order valence-electron chi connectivity index (χ3n) is 3.41. The molecule has 0 bridgehead atoms. The van der Waals surface area contributed by atoms with Crippen LogP contribution in [0.15, 0.2) is 29.2 Å². The predicted octanol–water partition coefficient (Wildman–Crippen LogP) is 2.25. The first kappa shape index (κ1) is 18.7. The van der Waals surface area contributed by atoms with Crippen molar-refractivity contribution in [2.45, 2.75) is 37.4 Å². The lowest BCUT2D eigenvalue weighted by Gasteiger charge is -2.34. The normalized spacial score (nSPS) is 23.1. The van der Waals surface area contributed by atoms with Crippen LogP contribution in [-0.4, -0.2) is 50.3 Å². The Morgan fingerprint density at radius 3 is 2.48 bits per heavy atom. The summed E-state index contributed by atoms with van der Waals surface area (Å²) in [4.78, 5) is 0.977. The highest BCUT2D eigenvalue weighted by molar-refractivity contribution is 7.99. The zero-order valence-corrected chi connectivity index (χ0v) is 15.0. The van der Waals surface area contributed by atoms with Crippen molar-refractivity contribution in [3.63, 3.8) is 0 Å². The largest absolute Gasteiger partial charge is 0.373 e. The van der Waals surface area contributed by atoms with Crippen LogP contribution in [0.25, 0.3) is 0 Å². The lowest BCUT2D eigenvalue weighted by atomic mass is 10.3. The molecule has 1 aromatic carbocycles. The molecule has 5 nitrogen and oxygen atoms in total. The van der Waals surface area contributed by atoms with Crippen LogP contribution in [0.1, 0.15) is 20.3 Å². The van der Waals surface area contributed by atoms with Gasteiger partial charge in [-0.15, -0.1) is 11.8 Å². The molecule has 1 fully saturated rings. The fourth-order valence-corrected chi connectivity index (χ4v) is 4.66. The highest BCUT2D eigenvalue weighted by Crippen LogP contribution is 2.19. The zero-order valence-electron chi connectivity index (χ0n) is 13.4. The quantitative estimate of drug-likeness (QED) is 0.597. The van der Waals surface area contributed by atoms with Crippen LogP contribution in [0.4, 0.5) is 4.39 Å². The van der Waals surface area contributed by atoms with Gasteiger partial charge in [-0.05, 0) is 50.3 Å². The number of ether oxygens (including phenoxy) is 1. The number of nitrogens with zero attached hydrogens (tertiary/aromatic N) is 1. The van der Waals surface area contributed by atoms with E-state index in [0.29, 0.717) is 26.1 Å². The van der Waals surface area contributed by atoms with Gasteiger partial charge in [-0.2, -0.15) is 12.7 Å². The molecule has 0 saturated carbocycles. The molecule has 0 aliphatic carbocycles. The number of hydrogen-bond acceptors (Lipinski definition) is 4. The van der Waals surface area contributed by atoms with Gasteiger partial charge in [0.15, 0.2) is 0 Å². The maximum absolute atomic E-state index is 12.8. The van der Waals surface area contributed by atoms with Crippen molar-refractivity contribution < 1.29 is 17.5 Å². The summed E-state index contributed by atoms with van der Waals surface area (Å²) in [5, 5.41) is 0. The second-order valence-electron chi connectivity index (χ2n) is 5.63. The van der Waals surface area contributed by atoms with Crippen molar-refractivity contribution in [3.05, 3.63) is 30.1 Å². The Morgan fingerprint density at radius 2 is 1.87 bits per heavy atom. The van der Waals surface area contributed by atoms with E-state index in [9.17, 15) is 12.8 Å². The highest BCUT2D eigenvalue weighted by Gasteiger charge is 2.30. The molecule has 0 amide bonds. The number of thioether (sulfide) groups is 1. The summed E-state index contributed by atoms with van der Waals surface area (Å²) in [6.07, 6.45) is 0.519. The zero-order chi connectivity index (χ0) is 16.9. The average molecular weight is 362 g/mol. The SMILES string of the molecule is CC1CN(S(=O)(=O)NCCCSc2ccc(F)cc2)CC(C)O1. The van der Waals surface area contributed by atoms with Gasteiger partial charge in [0, 0.05) is 24.5 Å². The van der Waals surface area contributed by atoms with Crippen LogP contribution in [0.2, 0.25) is 0 Å². The Bertz CT molecular complexity index is 585. The van der Waals surface area contributed by atoms with E-state index >= 15 is 0 Å². The smallest absolute Gasteiger partial charge is 0.279 e. The third kappa shape index (κ3) is 6.04. The van der Waals surface area contributed by atoms with Gasteiger partial charge in [-0.3, -0.25) is 0 Å². The molecule has 1 aromatic rings. The Kier molecular flexibility index (Phi) is 6.84. The molecular formula is C15H23FN2O3S2. The predicted molar refractivity (Wildman–Crippen MR) is 90.2 cm³/mol. The fourth-order valence-electron chi connectivity index (χ4n) is 2.41. The van der Waals surface area contributed by atoms with Gasteiger partial charge < -0.3 is 4.74 Å². The van der Waals surface area contributed by atoms with E-state index in [0.717, 1.165) is 10.6 Å². The molecule has 1 N–H and O–H groups in total. The number of morpholine rings is 1. The summed E-state index contributed by atoms with van der Waals surface area (Å²) in [6, 6.07) is 6.29. The van der Waals surface area contributed by atoms with E-state index in [1.807, 2.05) is 13.8 Å². The number of hydrogen-bond donors (Lipinski definition) is 1. The summed E-state index contributed by atoms with van der Waals surface area (Å²) in [7, 11) is -3.46. The van der Waals surface area contributed by atoms with Gasteiger partial charge in [0.05, 0.1) is 12.2 Å². The molecule has 130 valence electrons. The summed E-state index contributed by atoms with van der Waals surface area (Å²) in [5.41, 5.74) is 0. The average Bonchev–Trinajstić information content (AvgIpc) is 2.48. The standard InChI is InChI=1S/C15H23FN2O3S2/c1-12-10-18(11-13(2)21-12)23(19,20)17-8-3-9-22-15-6-4-14(16)5-7-15/h4-7,12-13,17H,3,8-11H2,1-2H3. The first-order chi connectivity index (χ1) is 10.9. The summed E-state index contributed by atoms with van der Waals surface area (Å²) in [6.45, 7) is 4.89. The van der Waals surface area contributed by atoms with Crippen molar-refractivity contribution in [1.29, 1.82) is 0 Å². The van der Waals surface area contributed by atoms with Crippen LogP contribution >= 0.6 is 11.8 Å². The van der Waals surface area contributed by atoms with Crippen molar-refractivity contribution in [2.75, 3.05) is 25.4 Å². The molecule has 0 spiro atoms. The Morgan fingerprint density at radius 1 is 1.26 bits per heavy atom. The third-order valence-corrected chi connectivity index (χ3v) is 6.06. The number of halogens is 1. The van der Waals surface area contributed by atoms with Crippen LogP contribution in [-0.2, 0) is 14.9 Å². The summed E-state index contributed by atoms with van der Waals surface area (Å²) in [5.74, 6) is 0.514. The van der Waals surface area contributed by atoms with Crippen molar-refractivity contribution in [1.82, 2.24) is 9.03 Å². The van der Waals surface area contributed by atoms with E-state index < -0.39 is 10.2 Å². The van der Waals surface area contributed by atoms with Crippen LogP contribution in [0, 0.1) is 5.82 Å². The molecule has 1 aliphatic heterocycles. The molecule has 1 heterocycles.